The zero-order valence-corrected chi connectivity index (χ0v) is 17.9. The maximum absolute atomic E-state index is 11.8. The van der Waals surface area contributed by atoms with Crippen LogP contribution in [0, 0.1) is 6.92 Å². The molecule has 1 aromatic rings. The Balaban J connectivity index is 2.62. The standard InChI is InChI=1S/C21H26O10/c1-11-6-8-16(9-7-11)21(26)20(30-15(5)25)19(29-14(4)24)18(28-13(3)23)17(31-21)10-27-12(2)22/h6-9,17-20,26H,10H2,1-5H3/t17-,18+,19+,20-,21+/m1/s1. The third-order valence-electron chi connectivity index (χ3n) is 4.52. The Kier molecular flexibility index (Phi) is 7.75. The van der Waals surface area contributed by atoms with Gasteiger partial charge in [-0.25, -0.2) is 0 Å². The van der Waals surface area contributed by atoms with Gasteiger partial charge >= 0.3 is 23.9 Å². The molecule has 1 saturated heterocycles. The van der Waals surface area contributed by atoms with Gasteiger partial charge in [0.1, 0.15) is 12.7 Å². The Hall–Kier alpha value is -2.98. The van der Waals surface area contributed by atoms with Crippen LogP contribution in [0.5, 0.6) is 0 Å². The van der Waals surface area contributed by atoms with Crippen LogP contribution in [0.1, 0.15) is 38.8 Å². The zero-order chi connectivity index (χ0) is 23.3. The molecule has 0 unspecified atom stereocenters. The highest BCUT2D eigenvalue weighted by atomic mass is 16.7. The van der Waals surface area contributed by atoms with E-state index in [1.807, 2.05) is 6.92 Å². The molecular weight excluding hydrogens is 412 g/mol. The van der Waals surface area contributed by atoms with Gasteiger partial charge in [-0.05, 0) is 6.92 Å². The summed E-state index contributed by atoms with van der Waals surface area (Å²) in [5.41, 5.74) is 1.08. The highest BCUT2D eigenvalue weighted by molar-refractivity contribution is 5.69. The van der Waals surface area contributed by atoms with Crippen LogP contribution < -0.4 is 0 Å². The Bertz CT molecular complexity index is 833. The summed E-state index contributed by atoms with van der Waals surface area (Å²) in [5, 5.41) is 11.5. The number of hydrogen-bond acceptors (Lipinski definition) is 10. The largest absolute Gasteiger partial charge is 0.463 e. The fraction of sp³-hybridized carbons (Fsp3) is 0.524. The van der Waals surface area contributed by atoms with Crippen molar-refractivity contribution in [2.75, 3.05) is 6.61 Å². The molecule has 10 nitrogen and oxygen atoms in total. The number of aryl methyl sites for hydroxylation is 1. The van der Waals surface area contributed by atoms with Gasteiger partial charge in [-0.1, -0.05) is 29.8 Å². The van der Waals surface area contributed by atoms with Crippen molar-refractivity contribution in [2.45, 2.75) is 64.8 Å². The first-order chi connectivity index (χ1) is 14.4. The first-order valence-corrected chi connectivity index (χ1v) is 9.56. The lowest BCUT2D eigenvalue weighted by molar-refractivity contribution is -0.360. The smallest absolute Gasteiger partial charge is 0.303 e. The summed E-state index contributed by atoms with van der Waals surface area (Å²) < 4.78 is 26.7. The molecule has 1 aromatic carbocycles. The fourth-order valence-electron chi connectivity index (χ4n) is 3.31. The number of ether oxygens (including phenoxy) is 5. The summed E-state index contributed by atoms with van der Waals surface area (Å²) in [5.74, 6) is -5.27. The maximum atomic E-state index is 11.8. The second-order valence-electron chi connectivity index (χ2n) is 7.20. The van der Waals surface area contributed by atoms with Crippen molar-refractivity contribution in [2.24, 2.45) is 0 Å². The Morgan fingerprint density at radius 3 is 1.87 bits per heavy atom. The number of carbonyl (C=O) groups is 4. The lowest BCUT2D eigenvalue weighted by Crippen LogP contribution is -2.66. The summed E-state index contributed by atoms with van der Waals surface area (Å²) in [6, 6.07) is 6.49. The molecule has 0 aliphatic carbocycles. The second kappa shape index (κ2) is 9.88. The number of aliphatic hydroxyl groups is 1. The summed E-state index contributed by atoms with van der Waals surface area (Å²) >= 11 is 0. The normalized spacial score (nSPS) is 27.7. The molecule has 0 spiro atoms. The Morgan fingerprint density at radius 1 is 0.871 bits per heavy atom. The van der Waals surface area contributed by atoms with Crippen molar-refractivity contribution in [1.29, 1.82) is 0 Å². The summed E-state index contributed by atoms with van der Waals surface area (Å²) in [6.07, 6.45) is -5.62. The van der Waals surface area contributed by atoms with E-state index in [2.05, 4.69) is 0 Å². The maximum Gasteiger partial charge on any atom is 0.303 e. The molecule has 1 aliphatic heterocycles. The molecule has 2 rings (SSSR count). The van der Waals surface area contributed by atoms with E-state index in [0.717, 1.165) is 26.3 Å². The van der Waals surface area contributed by atoms with Gasteiger partial charge in [-0.2, -0.15) is 0 Å². The molecule has 1 aliphatic rings. The van der Waals surface area contributed by atoms with E-state index < -0.39 is 60.7 Å². The van der Waals surface area contributed by atoms with Gasteiger partial charge in [0.05, 0.1) is 0 Å². The Morgan fingerprint density at radius 2 is 1.39 bits per heavy atom. The number of benzene rings is 1. The predicted molar refractivity (Wildman–Crippen MR) is 103 cm³/mol. The average molecular weight is 438 g/mol. The zero-order valence-electron chi connectivity index (χ0n) is 17.9. The van der Waals surface area contributed by atoms with Crippen molar-refractivity contribution in [3.05, 3.63) is 35.4 Å². The van der Waals surface area contributed by atoms with Crippen LogP contribution in [0.3, 0.4) is 0 Å². The van der Waals surface area contributed by atoms with E-state index in [1.54, 1.807) is 24.3 Å². The Labute approximate surface area is 179 Å². The molecule has 0 aromatic heterocycles. The molecule has 0 bridgehead atoms. The third-order valence-corrected chi connectivity index (χ3v) is 4.52. The van der Waals surface area contributed by atoms with Crippen molar-refractivity contribution >= 4 is 23.9 Å². The van der Waals surface area contributed by atoms with Gasteiger partial charge in [0, 0.05) is 33.3 Å². The van der Waals surface area contributed by atoms with E-state index in [1.165, 1.54) is 6.92 Å². The molecule has 0 saturated carbocycles. The molecule has 0 radical (unpaired) electrons. The summed E-state index contributed by atoms with van der Waals surface area (Å²) in [6.45, 7) is 5.91. The topological polar surface area (TPSA) is 135 Å². The molecule has 1 heterocycles. The van der Waals surface area contributed by atoms with Crippen LogP contribution in [-0.2, 0) is 48.6 Å². The van der Waals surface area contributed by atoms with Crippen molar-refractivity contribution in [3.8, 4) is 0 Å². The van der Waals surface area contributed by atoms with Gasteiger partial charge < -0.3 is 28.8 Å². The van der Waals surface area contributed by atoms with E-state index in [0.29, 0.717) is 0 Å². The molecular formula is C21H26O10. The van der Waals surface area contributed by atoms with Crippen LogP contribution >= 0.6 is 0 Å². The molecule has 1 N–H and O–H groups in total. The molecule has 10 heteroatoms. The average Bonchev–Trinajstić information content (AvgIpc) is 2.65. The molecule has 0 amide bonds. The van der Waals surface area contributed by atoms with Crippen LogP contribution in [0.2, 0.25) is 0 Å². The quantitative estimate of drug-likeness (QED) is 0.504. The SMILES string of the molecule is CC(=O)OC[C@H]1O[C@@](O)(c2ccc(C)cc2)[C@H](OC(C)=O)[C@@H](OC(C)=O)[C@H]1OC(C)=O. The minimum Gasteiger partial charge on any atom is -0.463 e. The minimum absolute atomic E-state index is 0.190. The number of esters is 4. The molecule has 1 fully saturated rings. The lowest BCUT2D eigenvalue weighted by Gasteiger charge is -2.48. The van der Waals surface area contributed by atoms with Crippen molar-refractivity contribution < 1.29 is 48.0 Å². The van der Waals surface area contributed by atoms with Crippen LogP contribution in [0.25, 0.3) is 0 Å². The first-order valence-electron chi connectivity index (χ1n) is 9.56. The summed E-state index contributed by atoms with van der Waals surface area (Å²) in [4.78, 5) is 46.7. The lowest BCUT2D eigenvalue weighted by atomic mass is 9.87. The number of rotatable bonds is 6. The predicted octanol–water partition coefficient (Wildman–Crippen LogP) is 0.897. The third kappa shape index (κ3) is 6.02. The van der Waals surface area contributed by atoms with Crippen molar-refractivity contribution in [1.82, 2.24) is 0 Å². The summed E-state index contributed by atoms with van der Waals surface area (Å²) in [7, 11) is 0. The molecule has 5 atom stereocenters. The van der Waals surface area contributed by atoms with Crippen LogP contribution in [0.4, 0.5) is 0 Å². The molecule has 170 valence electrons. The van der Waals surface area contributed by atoms with E-state index in [-0.39, 0.29) is 5.56 Å². The second-order valence-corrected chi connectivity index (χ2v) is 7.20. The number of carbonyl (C=O) groups excluding carboxylic acids is 4. The highest BCUT2D eigenvalue weighted by Gasteiger charge is 2.60. The monoisotopic (exact) mass is 438 g/mol. The van der Waals surface area contributed by atoms with Gasteiger partial charge in [0.25, 0.3) is 0 Å². The van der Waals surface area contributed by atoms with E-state index >= 15 is 0 Å². The van der Waals surface area contributed by atoms with Crippen LogP contribution in [-0.4, -0.2) is 60.0 Å². The van der Waals surface area contributed by atoms with E-state index in [9.17, 15) is 24.3 Å². The van der Waals surface area contributed by atoms with Crippen molar-refractivity contribution in [3.63, 3.8) is 0 Å². The van der Waals surface area contributed by atoms with Gasteiger partial charge in [0.15, 0.2) is 12.2 Å². The van der Waals surface area contributed by atoms with Gasteiger partial charge in [0.2, 0.25) is 11.9 Å². The molecule has 31 heavy (non-hydrogen) atoms. The van der Waals surface area contributed by atoms with Gasteiger partial charge in [-0.15, -0.1) is 0 Å². The number of hydrogen-bond donors (Lipinski definition) is 1. The fourth-order valence-corrected chi connectivity index (χ4v) is 3.31. The van der Waals surface area contributed by atoms with Gasteiger partial charge in [-0.3, -0.25) is 19.2 Å². The highest BCUT2D eigenvalue weighted by Crippen LogP contribution is 2.40. The first kappa shape index (κ1) is 24.3. The van der Waals surface area contributed by atoms with E-state index in [4.69, 9.17) is 23.7 Å². The van der Waals surface area contributed by atoms with Crippen LogP contribution in [0.15, 0.2) is 24.3 Å². The minimum atomic E-state index is -2.30.